The number of esters is 2. The number of ether oxygens (including phenoxy) is 6. The van der Waals surface area contributed by atoms with Crippen LogP contribution < -0.4 is 18.9 Å². The predicted octanol–water partition coefficient (Wildman–Crippen LogP) is 6.43. The van der Waals surface area contributed by atoms with Crippen LogP contribution in [0.3, 0.4) is 0 Å². The van der Waals surface area contributed by atoms with Gasteiger partial charge in [0.2, 0.25) is 0 Å². The zero-order valence-corrected chi connectivity index (χ0v) is 26.2. The summed E-state index contributed by atoms with van der Waals surface area (Å²) >= 11 is 0. The van der Waals surface area contributed by atoms with Gasteiger partial charge in [-0.05, 0) is 44.2 Å². The van der Waals surface area contributed by atoms with E-state index in [0.717, 1.165) is 0 Å². The average Bonchev–Trinajstić information content (AvgIpc) is 3.07. The van der Waals surface area contributed by atoms with E-state index in [1.54, 1.807) is 60.7 Å². The number of carboxylic acid groups (broad SMARTS) is 1. The summed E-state index contributed by atoms with van der Waals surface area (Å²) < 4.78 is 34.8. The van der Waals surface area contributed by atoms with Crippen molar-refractivity contribution in [1.29, 1.82) is 0 Å². The fraction of sp³-hybridized carbons (Fsp3) is 0.216. The highest BCUT2D eigenvalue weighted by Crippen LogP contribution is 2.37. The molecule has 47 heavy (non-hydrogen) atoms. The Morgan fingerprint density at radius 2 is 1.04 bits per heavy atom. The third-order valence-corrected chi connectivity index (χ3v) is 6.63. The molecule has 0 aliphatic rings. The number of carbonyl (C=O) groups excluding carboxylic acids is 2. The number of benzene rings is 4. The molecule has 0 fully saturated rings. The van der Waals surface area contributed by atoms with Crippen molar-refractivity contribution in [3.8, 4) is 23.0 Å². The Labute approximate surface area is 272 Å². The van der Waals surface area contributed by atoms with E-state index >= 15 is 0 Å². The highest BCUT2D eigenvalue weighted by Gasteiger charge is 2.24. The van der Waals surface area contributed by atoms with Gasteiger partial charge in [0.05, 0.1) is 0 Å². The van der Waals surface area contributed by atoms with E-state index in [1.807, 2.05) is 24.3 Å². The van der Waals surface area contributed by atoms with Crippen molar-refractivity contribution >= 4 is 28.7 Å². The van der Waals surface area contributed by atoms with E-state index in [-0.39, 0.29) is 54.6 Å². The second kappa shape index (κ2) is 16.5. The minimum Gasteiger partial charge on any atom is -0.490 e. The summed E-state index contributed by atoms with van der Waals surface area (Å²) in [5.41, 5.74) is 0.203. The number of carbonyl (C=O) groups is 3. The highest BCUT2D eigenvalue weighted by molar-refractivity contribution is 6.03. The van der Waals surface area contributed by atoms with Crippen molar-refractivity contribution in [2.45, 2.75) is 26.1 Å². The van der Waals surface area contributed by atoms with E-state index in [1.165, 1.54) is 19.9 Å². The van der Waals surface area contributed by atoms with Crippen molar-refractivity contribution in [1.82, 2.24) is 0 Å². The first-order valence-electron chi connectivity index (χ1n) is 14.8. The molecule has 0 bridgehead atoms. The van der Waals surface area contributed by atoms with E-state index in [2.05, 4.69) is 13.2 Å². The third-order valence-electron chi connectivity index (χ3n) is 6.63. The molecule has 0 aromatic heterocycles. The molecule has 2 atom stereocenters. The van der Waals surface area contributed by atoms with Gasteiger partial charge < -0.3 is 33.5 Å². The van der Waals surface area contributed by atoms with Gasteiger partial charge in [-0.2, -0.15) is 0 Å². The maximum Gasteiger partial charge on any atom is 0.339 e. The zero-order chi connectivity index (χ0) is 33.8. The van der Waals surface area contributed by atoms with Gasteiger partial charge in [0.1, 0.15) is 55.0 Å². The van der Waals surface area contributed by atoms with Gasteiger partial charge in [-0.1, -0.05) is 73.8 Å². The van der Waals surface area contributed by atoms with Gasteiger partial charge in [0, 0.05) is 21.9 Å². The molecule has 1 N–H and O–H groups in total. The lowest BCUT2D eigenvalue weighted by Gasteiger charge is -2.22. The quantitative estimate of drug-likeness (QED) is 0.102. The number of fused-ring (bicyclic) bond motifs is 1. The normalized spacial score (nSPS) is 11.9. The maximum absolute atomic E-state index is 12.5. The second-order valence-electron chi connectivity index (χ2n) is 10.6. The van der Waals surface area contributed by atoms with Gasteiger partial charge in [-0.3, -0.25) is 0 Å². The van der Waals surface area contributed by atoms with Crippen LogP contribution in [-0.2, 0) is 19.1 Å². The van der Waals surface area contributed by atoms with E-state index in [9.17, 15) is 19.5 Å². The Morgan fingerprint density at radius 1 is 0.617 bits per heavy atom. The number of hydrogen-bond acceptors (Lipinski definition) is 9. The molecule has 4 rings (SSSR count). The van der Waals surface area contributed by atoms with Gasteiger partial charge in [-0.15, -0.1) is 0 Å². The fourth-order valence-corrected chi connectivity index (χ4v) is 4.26. The van der Waals surface area contributed by atoms with Crippen LogP contribution in [0.2, 0.25) is 0 Å². The van der Waals surface area contributed by atoms with Crippen molar-refractivity contribution in [2.75, 3.05) is 26.4 Å². The number of carboxylic acids is 1. The van der Waals surface area contributed by atoms with Gasteiger partial charge in [0.15, 0.2) is 12.2 Å². The average molecular weight is 641 g/mol. The third kappa shape index (κ3) is 9.86. The summed E-state index contributed by atoms with van der Waals surface area (Å²) in [4.78, 5) is 37.2. The Bertz CT molecular complexity index is 1720. The van der Waals surface area contributed by atoms with Crippen LogP contribution in [0, 0.1) is 0 Å². The molecule has 244 valence electrons. The van der Waals surface area contributed by atoms with Crippen LogP contribution >= 0.6 is 0 Å². The van der Waals surface area contributed by atoms with Crippen LogP contribution in [-0.4, -0.2) is 61.6 Å². The number of hydrogen-bond donors (Lipinski definition) is 1. The fourth-order valence-electron chi connectivity index (χ4n) is 4.26. The largest absolute Gasteiger partial charge is 0.490 e. The first-order valence-corrected chi connectivity index (χ1v) is 14.8. The van der Waals surface area contributed by atoms with Crippen LogP contribution in [0.1, 0.15) is 24.2 Å². The topological polar surface area (TPSA) is 127 Å². The molecular formula is C37H36O10. The zero-order valence-electron chi connectivity index (χ0n) is 26.2. The molecule has 0 heterocycles. The Hall–Kier alpha value is -5.77. The summed E-state index contributed by atoms with van der Waals surface area (Å²) in [6.45, 7) is 9.86. The molecule has 4 aromatic carbocycles. The van der Waals surface area contributed by atoms with E-state index in [4.69, 9.17) is 28.4 Å². The molecule has 2 unspecified atom stereocenters. The molecule has 0 saturated carbocycles. The molecule has 0 aliphatic heterocycles. The van der Waals surface area contributed by atoms with Crippen molar-refractivity contribution in [3.05, 3.63) is 121 Å². The lowest BCUT2D eigenvalue weighted by molar-refractivity contribution is -0.148. The summed E-state index contributed by atoms with van der Waals surface area (Å²) in [6.07, 6.45) is -1.75. The van der Waals surface area contributed by atoms with Crippen LogP contribution in [0.5, 0.6) is 23.0 Å². The molecule has 4 aromatic rings. The molecule has 0 amide bonds. The summed E-state index contributed by atoms with van der Waals surface area (Å²) in [5.74, 6) is -1.12. The first-order chi connectivity index (χ1) is 22.6. The monoisotopic (exact) mass is 640 g/mol. The minimum atomic E-state index is -1.27. The molecule has 0 saturated heterocycles. The highest BCUT2D eigenvalue weighted by atomic mass is 16.6. The number of aromatic carboxylic acids is 1. The van der Waals surface area contributed by atoms with Crippen molar-refractivity contribution in [3.63, 3.8) is 0 Å². The SMILES string of the molecule is C=C(C)C(=O)OC(COc1ccccc1)COc1cc(C(=O)O)c(OCC(COc2ccccc2)OC(=O)C(=C)C)c2ccccc12. The van der Waals surface area contributed by atoms with Gasteiger partial charge in [0.25, 0.3) is 0 Å². The molecular weight excluding hydrogens is 604 g/mol. The number of para-hydroxylation sites is 2. The minimum absolute atomic E-state index is 0.0245. The molecule has 10 nitrogen and oxygen atoms in total. The predicted molar refractivity (Wildman–Crippen MR) is 175 cm³/mol. The molecule has 0 spiro atoms. The van der Waals surface area contributed by atoms with Crippen molar-refractivity contribution < 1.29 is 47.9 Å². The van der Waals surface area contributed by atoms with Gasteiger partial charge in [-0.25, -0.2) is 14.4 Å². The number of rotatable bonds is 17. The first kappa shape index (κ1) is 34.1. The van der Waals surface area contributed by atoms with Crippen molar-refractivity contribution in [2.24, 2.45) is 0 Å². The standard InChI is InChI=1S/C37H36O10/c1-24(2)36(40)46-28(20-42-26-13-7-5-8-14-26)22-44-33-19-32(35(38)39)34(31-18-12-11-17-30(31)33)45-23-29(47-37(41)25(3)4)21-43-27-15-9-6-10-16-27/h5-19,28-29H,1,3,20-23H2,2,4H3,(H,38,39). The van der Waals surface area contributed by atoms with Gasteiger partial charge >= 0.3 is 17.9 Å². The summed E-state index contributed by atoms with van der Waals surface area (Å²) in [5, 5.41) is 11.2. The van der Waals surface area contributed by atoms with Crippen LogP contribution in [0.4, 0.5) is 0 Å². The smallest absolute Gasteiger partial charge is 0.339 e. The Morgan fingerprint density at radius 3 is 1.51 bits per heavy atom. The molecule has 0 aliphatic carbocycles. The summed E-state index contributed by atoms with van der Waals surface area (Å²) in [7, 11) is 0. The van der Waals surface area contributed by atoms with Crippen LogP contribution in [0.15, 0.2) is 115 Å². The molecule has 10 heteroatoms. The lowest BCUT2D eigenvalue weighted by atomic mass is 10.0. The Balaban J connectivity index is 1.58. The maximum atomic E-state index is 12.5. The van der Waals surface area contributed by atoms with E-state index in [0.29, 0.717) is 22.3 Å². The Kier molecular flexibility index (Phi) is 12.0. The van der Waals surface area contributed by atoms with Crippen LogP contribution in [0.25, 0.3) is 10.8 Å². The summed E-state index contributed by atoms with van der Waals surface area (Å²) in [6, 6.07) is 26.2. The second-order valence-corrected chi connectivity index (χ2v) is 10.6. The lowest BCUT2D eigenvalue weighted by Crippen LogP contribution is -2.32. The van der Waals surface area contributed by atoms with E-state index < -0.39 is 30.1 Å². The molecule has 0 radical (unpaired) electrons.